The molecule has 3 fully saturated rings. The van der Waals surface area contributed by atoms with Gasteiger partial charge in [-0.05, 0) is 74.3 Å². The number of hydrogen-bond acceptors (Lipinski definition) is 10. The molecule has 1 aliphatic carbocycles. The topological polar surface area (TPSA) is 175 Å². The number of likely N-dealkylation sites (N-methyl/N-ethyl adjacent to an activating group) is 1. The lowest BCUT2D eigenvalue weighted by molar-refractivity contribution is -0.148. The zero-order chi connectivity index (χ0) is 47.2. The maximum atomic E-state index is 14.7. The first-order valence-corrected chi connectivity index (χ1v) is 24.8. The number of rotatable bonds is 26. The molecule has 64 heavy (non-hydrogen) atoms. The third-order valence-corrected chi connectivity index (χ3v) is 15.4. The van der Waals surface area contributed by atoms with E-state index in [9.17, 15) is 33.9 Å². The number of methoxy groups -OCH3 is 2. The fourth-order valence-electron chi connectivity index (χ4n) is 10.8. The highest BCUT2D eigenvalue weighted by Gasteiger charge is 2.54. The first kappa shape index (κ1) is 53.1. The van der Waals surface area contributed by atoms with Crippen LogP contribution in [-0.2, 0) is 44.7 Å². The van der Waals surface area contributed by atoms with Crippen molar-refractivity contribution >= 4 is 46.5 Å². The summed E-state index contributed by atoms with van der Waals surface area (Å²) in [5.74, 6) is -1.64. The van der Waals surface area contributed by atoms with Gasteiger partial charge in [0.2, 0.25) is 23.6 Å². The standard InChI is InChI=1S/C49H79N5O9S/c1-11-31(4)43(52(8)48(59)42(30(2)3)51-47(58)44-36-23-24-38(32(36)5)54(44)25-17-12-13-18-27-64-34(7)55)40(62-9)29-41(56)53-26-19-22-39(53)45(63-10)33(6)46(57)50-37(49(60)61)28-35-20-15-14-16-21-35/h14-16,20-21,30-33,36-40,42-45H,11-13,17-19,22-29H2,1-10H3,(H,50,57)(H,51,58)(H,60,61)/t31-,32-,33+,36-,37-,38-,39-,40+,42-,43-,44-,45+/m0/s1. The summed E-state index contributed by atoms with van der Waals surface area (Å²) in [5, 5.41) is 16.0. The van der Waals surface area contributed by atoms with Crippen molar-refractivity contribution in [3.05, 3.63) is 35.9 Å². The van der Waals surface area contributed by atoms with E-state index < -0.39 is 54.2 Å². The van der Waals surface area contributed by atoms with E-state index in [1.54, 1.807) is 37.8 Å². The molecule has 3 aliphatic rings. The summed E-state index contributed by atoms with van der Waals surface area (Å²) in [6, 6.07) is 6.35. The van der Waals surface area contributed by atoms with Crippen LogP contribution in [0.4, 0.5) is 0 Å². The van der Waals surface area contributed by atoms with Crippen molar-refractivity contribution in [2.75, 3.05) is 40.1 Å². The molecule has 2 bridgehead atoms. The molecule has 14 nitrogen and oxygen atoms in total. The van der Waals surface area contributed by atoms with Crippen LogP contribution in [0.25, 0.3) is 0 Å². The largest absolute Gasteiger partial charge is 0.480 e. The number of nitrogens with zero attached hydrogens (tertiary/aromatic N) is 3. The fourth-order valence-corrected chi connectivity index (χ4v) is 11.4. The van der Waals surface area contributed by atoms with Crippen molar-refractivity contribution in [2.45, 2.75) is 168 Å². The number of carboxylic acid groups (broad SMARTS) is 1. The molecule has 4 rings (SSSR count). The van der Waals surface area contributed by atoms with Crippen LogP contribution in [0, 0.1) is 29.6 Å². The molecule has 0 aromatic heterocycles. The highest BCUT2D eigenvalue weighted by molar-refractivity contribution is 8.13. The zero-order valence-electron chi connectivity index (χ0n) is 40.3. The van der Waals surface area contributed by atoms with Crippen LogP contribution in [0.5, 0.6) is 0 Å². The van der Waals surface area contributed by atoms with Gasteiger partial charge in [0.1, 0.15) is 12.1 Å². The Kier molecular flexibility index (Phi) is 21.1. The summed E-state index contributed by atoms with van der Waals surface area (Å²) in [5.41, 5.74) is 0.785. The summed E-state index contributed by atoms with van der Waals surface area (Å²) in [4.78, 5) is 86.3. The summed E-state index contributed by atoms with van der Waals surface area (Å²) in [6.07, 6.45) is 6.93. The van der Waals surface area contributed by atoms with Gasteiger partial charge in [-0.2, -0.15) is 0 Å². The zero-order valence-corrected chi connectivity index (χ0v) is 41.1. The van der Waals surface area contributed by atoms with Crippen molar-refractivity contribution in [3.8, 4) is 0 Å². The molecule has 12 atom stereocenters. The Hall–Kier alpha value is -3.53. The summed E-state index contributed by atoms with van der Waals surface area (Å²) in [6.45, 7) is 14.8. The van der Waals surface area contributed by atoms with Gasteiger partial charge in [-0.25, -0.2) is 4.79 Å². The Bertz CT molecular complexity index is 1700. The second-order valence-electron chi connectivity index (χ2n) is 19.0. The Morgan fingerprint density at radius 3 is 2.23 bits per heavy atom. The Labute approximate surface area is 387 Å². The summed E-state index contributed by atoms with van der Waals surface area (Å²) >= 11 is 1.38. The third kappa shape index (κ3) is 13.5. The van der Waals surface area contributed by atoms with E-state index in [-0.39, 0.29) is 59.5 Å². The average Bonchev–Trinajstić information content (AvgIpc) is 3.97. The highest BCUT2D eigenvalue weighted by atomic mass is 32.2. The number of ether oxygens (including phenoxy) is 2. The lowest BCUT2D eigenvalue weighted by atomic mass is 9.89. The number of carbonyl (C=O) groups is 6. The molecule has 15 heteroatoms. The van der Waals surface area contributed by atoms with Gasteiger partial charge in [0.25, 0.3) is 0 Å². The second-order valence-corrected chi connectivity index (χ2v) is 20.3. The first-order chi connectivity index (χ1) is 30.5. The van der Waals surface area contributed by atoms with Gasteiger partial charge in [-0.3, -0.25) is 28.9 Å². The lowest BCUT2D eigenvalue weighted by Crippen LogP contribution is -2.60. The molecule has 2 heterocycles. The minimum atomic E-state index is -1.14. The van der Waals surface area contributed by atoms with E-state index in [1.165, 1.54) is 18.9 Å². The van der Waals surface area contributed by atoms with E-state index in [2.05, 4.69) is 22.5 Å². The number of hydrogen-bond donors (Lipinski definition) is 3. The molecule has 4 amide bonds. The molecule has 1 aromatic carbocycles. The van der Waals surface area contributed by atoms with Gasteiger partial charge in [-0.1, -0.05) is 103 Å². The van der Waals surface area contributed by atoms with Crippen LogP contribution in [0.3, 0.4) is 0 Å². The quantitative estimate of drug-likeness (QED) is 0.0960. The number of piperidine rings is 1. The fraction of sp³-hybridized carbons (Fsp3) is 0.755. The van der Waals surface area contributed by atoms with Crippen molar-refractivity contribution in [1.82, 2.24) is 25.3 Å². The lowest BCUT2D eigenvalue weighted by Gasteiger charge is -2.41. The Morgan fingerprint density at radius 2 is 1.62 bits per heavy atom. The van der Waals surface area contributed by atoms with Crippen LogP contribution in [0.1, 0.15) is 118 Å². The predicted molar refractivity (Wildman–Crippen MR) is 250 cm³/mol. The molecule has 1 aromatic rings. The molecule has 360 valence electrons. The molecule has 2 saturated heterocycles. The maximum Gasteiger partial charge on any atom is 0.326 e. The number of carbonyl (C=O) groups excluding carboxylic acids is 5. The first-order valence-electron chi connectivity index (χ1n) is 23.8. The average molecular weight is 914 g/mol. The summed E-state index contributed by atoms with van der Waals surface area (Å²) in [7, 11) is 4.82. The van der Waals surface area contributed by atoms with Gasteiger partial charge in [-0.15, -0.1) is 0 Å². The number of fused-ring (bicyclic) bond motifs is 2. The number of carboxylic acids is 1. The van der Waals surface area contributed by atoms with E-state index in [0.717, 1.165) is 62.8 Å². The number of unbranched alkanes of at least 4 members (excludes halogenated alkanes) is 3. The molecule has 2 aliphatic heterocycles. The van der Waals surface area contributed by atoms with E-state index in [1.807, 2.05) is 58.0 Å². The molecule has 0 spiro atoms. The Morgan fingerprint density at radius 1 is 0.938 bits per heavy atom. The van der Waals surface area contributed by atoms with Crippen molar-refractivity contribution in [1.29, 1.82) is 0 Å². The number of thioether (sulfide) groups is 1. The number of aliphatic carboxylic acids is 1. The van der Waals surface area contributed by atoms with Gasteiger partial charge >= 0.3 is 5.97 Å². The van der Waals surface area contributed by atoms with Crippen LogP contribution >= 0.6 is 11.8 Å². The molecule has 0 unspecified atom stereocenters. The van der Waals surface area contributed by atoms with Crippen molar-refractivity contribution < 1.29 is 43.3 Å². The highest BCUT2D eigenvalue weighted by Crippen LogP contribution is 2.47. The molecule has 1 saturated carbocycles. The van der Waals surface area contributed by atoms with Gasteiger partial charge < -0.3 is 35.0 Å². The molecular weight excluding hydrogens is 835 g/mol. The van der Waals surface area contributed by atoms with Crippen LogP contribution < -0.4 is 10.6 Å². The van der Waals surface area contributed by atoms with E-state index in [0.29, 0.717) is 31.3 Å². The maximum absolute atomic E-state index is 14.7. The van der Waals surface area contributed by atoms with E-state index >= 15 is 0 Å². The number of amides is 4. The van der Waals surface area contributed by atoms with Gasteiger partial charge in [0.15, 0.2) is 5.12 Å². The van der Waals surface area contributed by atoms with Crippen LogP contribution in [0.2, 0.25) is 0 Å². The van der Waals surface area contributed by atoms with Crippen molar-refractivity contribution in [2.24, 2.45) is 29.6 Å². The number of benzene rings is 1. The monoisotopic (exact) mass is 914 g/mol. The summed E-state index contributed by atoms with van der Waals surface area (Å²) < 4.78 is 12.0. The number of nitrogens with one attached hydrogen (secondary N) is 2. The van der Waals surface area contributed by atoms with Gasteiger partial charge in [0.05, 0.1) is 42.7 Å². The van der Waals surface area contributed by atoms with Crippen LogP contribution in [-0.4, -0.2) is 143 Å². The molecular formula is C49H79N5O9S. The minimum absolute atomic E-state index is 0.0128. The second kappa shape index (κ2) is 25.4. The Balaban J connectivity index is 1.44. The normalized spacial score (nSPS) is 24.1. The predicted octanol–water partition coefficient (Wildman–Crippen LogP) is 5.80. The minimum Gasteiger partial charge on any atom is -0.480 e. The van der Waals surface area contributed by atoms with Crippen LogP contribution in [0.15, 0.2) is 30.3 Å². The van der Waals surface area contributed by atoms with Gasteiger partial charge in [0, 0.05) is 53.0 Å². The van der Waals surface area contributed by atoms with E-state index in [4.69, 9.17) is 9.47 Å². The van der Waals surface area contributed by atoms with Crippen molar-refractivity contribution in [3.63, 3.8) is 0 Å². The number of likely N-dealkylation sites (tertiary alicyclic amines) is 2. The SMILES string of the molecule is CC[C@H](C)[C@@H]([C@@H](CC(=O)N1CCC[C@H]1[C@H](OC)[C@@H](C)C(=O)N[C@@H](Cc1ccccc1)C(=O)O)OC)N(C)C(=O)[C@@H](NC(=O)[C@@H]1[C@H]2CC[C@@H]([C@H]2C)N1CCCCCCSC(C)=O)C(C)C. The molecule has 3 N–H and O–H groups in total. The third-order valence-electron chi connectivity index (χ3n) is 14.5. The smallest absolute Gasteiger partial charge is 0.326 e. The molecule has 0 radical (unpaired) electrons.